The summed E-state index contributed by atoms with van der Waals surface area (Å²) >= 11 is 0. The number of hydrogen-bond acceptors (Lipinski definition) is 14. The summed E-state index contributed by atoms with van der Waals surface area (Å²) < 4.78 is 61.6. The van der Waals surface area contributed by atoms with Gasteiger partial charge in [0.25, 0.3) is 0 Å². The Labute approximate surface area is 752 Å². The van der Waals surface area contributed by atoms with Crippen molar-refractivity contribution < 1.29 is 75.8 Å². The standard InChI is InChI=1S/C105H180O16P2/c1-4-7-10-13-16-19-22-25-28-31-34-37-40-43-45-46-47-48-49-50-51-52-54-57-58-61-64-67-70-73-76-79-82-85-88-91-103(108)115-94-100(106)95-117-122(111,112)118-96-101(107)97-119-123(113,114)120-99-102(121-105(110)93-90-87-84-81-78-75-72-69-66-63-60-55-42-39-36-33-30-27-24-21-18-15-12-9-6-3)98-116-104(109)92-89-86-83-80-77-74-71-68-65-62-59-56-53-44-41-38-35-32-29-26-23-20-17-14-11-8-5-2/h7,9-10,12,16-21,25-30,34-39,43-45,53,55,60,100-102,106-107H,4-6,8,11,13-15,22-24,31-33,40-42,46-52,54,56-59,61-99H2,1-3H3,(H,111,112)(H,113,114)/b10-7-,12-9-,19-16-,20-17-,21-18-,28-25-,29-26-,30-27-,37-34-,38-35-,39-36-,45-43-,53-44-,60-55-. The topological polar surface area (TPSA) is 231 Å². The van der Waals surface area contributed by atoms with Crippen molar-refractivity contribution in [3.05, 3.63) is 170 Å². The van der Waals surface area contributed by atoms with Gasteiger partial charge in [0, 0.05) is 19.3 Å². The third kappa shape index (κ3) is 97.4. The van der Waals surface area contributed by atoms with Gasteiger partial charge in [-0.2, -0.15) is 0 Å². The van der Waals surface area contributed by atoms with E-state index in [0.29, 0.717) is 19.3 Å². The summed E-state index contributed by atoms with van der Waals surface area (Å²) in [4.78, 5) is 59.1. The van der Waals surface area contributed by atoms with E-state index >= 15 is 0 Å². The molecule has 0 aromatic heterocycles. The molecule has 0 amide bonds. The maximum atomic E-state index is 13.1. The van der Waals surface area contributed by atoms with Gasteiger partial charge in [0.15, 0.2) is 6.10 Å². The molecule has 0 rings (SSSR count). The highest BCUT2D eigenvalue weighted by Crippen LogP contribution is 2.45. The van der Waals surface area contributed by atoms with Crippen molar-refractivity contribution in [2.45, 2.75) is 437 Å². The van der Waals surface area contributed by atoms with Gasteiger partial charge in [-0.1, -0.05) is 416 Å². The zero-order valence-corrected chi connectivity index (χ0v) is 79.9. The van der Waals surface area contributed by atoms with Gasteiger partial charge in [-0.25, -0.2) is 9.13 Å². The molecule has 5 atom stereocenters. The van der Waals surface area contributed by atoms with Gasteiger partial charge in [-0.05, 0) is 154 Å². The van der Waals surface area contributed by atoms with Crippen LogP contribution >= 0.6 is 15.6 Å². The van der Waals surface area contributed by atoms with Gasteiger partial charge < -0.3 is 34.2 Å². The quantitative estimate of drug-likeness (QED) is 0.0146. The molecule has 0 spiro atoms. The number of aliphatic hydroxyl groups excluding tert-OH is 2. The monoisotopic (exact) mass is 1760 g/mol. The van der Waals surface area contributed by atoms with E-state index in [1.165, 1.54) is 193 Å². The average molecular weight is 1760 g/mol. The summed E-state index contributed by atoms with van der Waals surface area (Å²) in [6.45, 7) is 2.48. The minimum Gasteiger partial charge on any atom is -0.463 e. The Balaban J connectivity index is 4.57. The van der Waals surface area contributed by atoms with E-state index in [1.807, 2.05) is 0 Å². The molecule has 0 heterocycles. The highest BCUT2D eigenvalue weighted by Gasteiger charge is 2.30. The molecule has 0 radical (unpaired) electrons. The molecule has 18 heteroatoms. The number of unbranched alkanes of at least 4 members (excludes halogenated alkanes) is 42. The molecule has 0 aromatic carbocycles. The number of phosphoric ester groups is 2. The van der Waals surface area contributed by atoms with Crippen LogP contribution in [0.2, 0.25) is 0 Å². The molecule has 0 aliphatic rings. The van der Waals surface area contributed by atoms with Gasteiger partial charge in [-0.3, -0.25) is 32.5 Å². The highest BCUT2D eigenvalue weighted by atomic mass is 31.2. The van der Waals surface area contributed by atoms with Gasteiger partial charge in [0.05, 0.1) is 26.4 Å². The van der Waals surface area contributed by atoms with Gasteiger partial charge in [0.1, 0.15) is 25.4 Å². The molecule has 0 saturated heterocycles. The Bertz CT molecular complexity index is 2920. The van der Waals surface area contributed by atoms with Crippen LogP contribution in [-0.4, -0.2) is 95.9 Å². The number of esters is 3. The van der Waals surface area contributed by atoms with Crippen LogP contribution in [0.1, 0.15) is 419 Å². The van der Waals surface area contributed by atoms with E-state index in [1.54, 1.807) is 0 Å². The fourth-order valence-corrected chi connectivity index (χ4v) is 15.1. The minimum atomic E-state index is -4.95. The molecule has 4 N–H and O–H groups in total. The van der Waals surface area contributed by atoms with Crippen molar-refractivity contribution in [2.75, 3.05) is 39.6 Å². The molecular formula is C105H180O16P2. The number of carbonyl (C=O) groups excluding carboxylic acids is 3. The lowest BCUT2D eigenvalue weighted by Crippen LogP contribution is -2.30. The van der Waals surface area contributed by atoms with Crippen LogP contribution in [0.3, 0.4) is 0 Å². The number of phosphoric acid groups is 2. The second kappa shape index (κ2) is 96.0. The molecule has 0 fully saturated rings. The van der Waals surface area contributed by atoms with Crippen LogP contribution in [0.5, 0.6) is 0 Å². The van der Waals surface area contributed by atoms with Gasteiger partial charge in [0.2, 0.25) is 0 Å². The predicted molar refractivity (Wildman–Crippen MR) is 519 cm³/mol. The molecule has 0 saturated carbocycles. The minimum absolute atomic E-state index is 0.0927. The number of aliphatic hydroxyl groups is 2. The molecule has 5 unspecified atom stereocenters. The Hall–Kier alpha value is -5.09. The van der Waals surface area contributed by atoms with E-state index < -0.39 is 91.5 Å². The van der Waals surface area contributed by atoms with E-state index in [2.05, 4.69) is 191 Å². The van der Waals surface area contributed by atoms with Crippen LogP contribution < -0.4 is 0 Å². The van der Waals surface area contributed by atoms with Crippen LogP contribution in [0.4, 0.5) is 0 Å². The van der Waals surface area contributed by atoms with Crippen molar-refractivity contribution in [3.63, 3.8) is 0 Å². The first-order valence-electron chi connectivity index (χ1n) is 49.4. The van der Waals surface area contributed by atoms with Crippen molar-refractivity contribution >= 4 is 33.6 Å². The number of allylic oxidation sites excluding steroid dienone is 28. The maximum Gasteiger partial charge on any atom is 0.472 e. The number of ether oxygens (including phenoxy) is 3. The fourth-order valence-electron chi connectivity index (χ4n) is 13.5. The van der Waals surface area contributed by atoms with Crippen molar-refractivity contribution in [3.8, 4) is 0 Å². The van der Waals surface area contributed by atoms with E-state index in [4.69, 9.17) is 32.3 Å². The van der Waals surface area contributed by atoms with Crippen molar-refractivity contribution in [1.82, 2.24) is 0 Å². The van der Waals surface area contributed by atoms with Crippen LogP contribution in [0.15, 0.2) is 170 Å². The molecule has 706 valence electrons. The average Bonchev–Trinajstić information content (AvgIpc) is 0.898. The van der Waals surface area contributed by atoms with Crippen molar-refractivity contribution in [2.24, 2.45) is 0 Å². The molecule has 123 heavy (non-hydrogen) atoms. The molecule has 16 nitrogen and oxygen atoms in total. The largest absolute Gasteiger partial charge is 0.472 e. The smallest absolute Gasteiger partial charge is 0.463 e. The van der Waals surface area contributed by atoms with Gasteiger partial charge in [-0.15, -0.1) is 0 Å². The first kappa shape index (κ1) is 118. The van der Waals surface area contributed by atoms with E-state index in [-0.39, 0.29) is 19.3 Å². The summed E-state index contributed by atoms with van der Waals surface area (Å²) in [5, 5.41) is 20.8. The Kier molecular flexibility index (Phi) is 92.0. The zero-order chi connectivity index (χ0) is 89.3. The first-order chi connectivity index (χ1) is 60.2. The molecule has 0 aromatic rings. The SMILES string of the molecule is CC/C=C\C/C=C\C/C=C\C/C=C\C/C=C\CCCCCCCCCCCCCCCCCCCCCC(=O)OCC(O)COP(=O)(O)OCC(O)COP(=O)(O)OCC(COC(=O)CCCCCCCCCCCCC/C=C\C/C=C\C/C=C\C/C=C\CCCCC)OC(=O)CCCCCCCCCCC/C=C\C/C=C\C/C=C\C/C=C\C/C=C\CC. The molecule has 0 bridgehead atoms. The number of rotatable bonds is 93. The lowest BCUT2D eigenvalue weighted by Gasteiger charge is -2.21. The fraction of sp³-hybridized carbons (Fsp3) is 0.705. The summed E-state index contributed by atoms with van der Waals surface area (Å²) in [6, 6.07) is 0. The second-order valence-electron chi connectivity index (χ2n) is 32.8. The first-order valence-corrected chi connectivity index (χ1v) is 52.4. The van der Waals surface area contributed by atoms with E-state index in [9.17, 15) is 43.5 Å². The summed E-state index contributed by atoms with van der Waals surface area (Å²) in [5.41, 5.74) is 0. The third-order valence-corrected chi connectivity index (χ3v) is 22.8. The molecule has 0 aliphatic carbocycles. The Morgan fingerprint density at radius 1 is 0.236 bits per heavy atom. The molecule has 0 aliphatic heterocycles. The van der Waals surface area contributed by atoms with E-state index in [0.717, 1.165) is 167 Å². The number of hydrogen-bond donors (Lipinski definition) is 4. The summed E-state index contributed by atoms with van der Waals surface area (Å²) in [6.07, 6.45) is 125. The second-order valence-corrected chi connectivity index (χ2v) is 35.7. The van der Waals surface area contributed by atoms with Crippen LogP contribution in [-0.2, 0) is 55.8 Å². The maximum absolute atomic E-state index is 13.1. The third-order valence-electron chi connectivity index (χ3n) is 20.9. The zero-order valence-electron chi connectivity index (χ0n) is 78.1. The van der Waals surface area contributed by atoms with Crippen molar-refractivity contribution in [1.29, 1.82) is 0 Å². The Morgan fingerprint density at radius 2 is 0.431 bits per heavy atom. The lowest BCUT2D eigenvalue weighted by atomic mass is 10.0. The van der Waals surface area contributed by atoms with Gasteiger partial charge >= 0.3 is 33.6 Å². The molecular weight excluding hydrogens is 1580 g/mol. The highest BCUT2D eigenvalue weighted by molar-refractivity contribution is 7.47. The van der Waals surface area contributed by atoms with Crippen LogP contribution in [0.25, 0.3) is 0 Å². The lowest BCUT2D eigenvalue weighted by molar-refractivity contribution is -0.161. The normalized spacial score (nSPS) is 14.4. The Morgan fingerprint density at radius 3 is 0.683 bits per heavy atom. The summed E-state index contributed by atoms with van der Waals surface area (Å²) in [5.74, 6) is -1.57. The van der Waals surface area contributed by atoms with Crippen LogP contribution in [0, 0.1) is 0 Å². The predicted octanol–water partition coefficient (Wildman–Crippen LogP) is 31.0. The summed E-state index contributed by atoms with van der Waals surface area (Å²) in [7, 11) is -9.82. The number of carbonyl (C=O) groups is 3.